The highest BCUT2D eigenvalue weighted by Gasteiger charge is 2.38. The second-order valence-electron chi connectivity index (χ2n) is 12.3. The van der Waals surface area contributed by atoms with Crippen LogP contribution in [0.3, 0.4) is 0 Å². The van der Waals surface area contributed by atoms with Crippen LogP contribution >= 0.6 is 0 Å². The lowest BCUT2D eigenvalue weighted by molar-refractivity contribution is -0.143. The second-order valence-corrected chi connectivity index (χ2v) is 12.3. The van der Waals surface area contributed by atoms with E-state index in [4.69, 9.17) is 5.73 Å². The Morgan fingerprint density at radius 1 is 1.02 bits per heavy atom. The third-order valence-corrected chi connectivity index (χ3v) is 8.81. The standard InChI is InChI=1S/C36H42N6O5/c1-21-16-26(44)17-22(2)27(21)19-28(37)36(47)42-20-25-11-5-4-10-24(25)18-32(42)35(46)41-31(14-8-9-15-38-23(3)43)33(45)34-39-29-12-6-7-13-30(29)40-34/h4-7,10-13,16-17,28,31-32,44H,8-9,14-15,18-20,37H2,1-3H3,(H,38,43)(H,39,40)(H,41,46)/t28-,31-,32-/m0/s1. The molecule has 0 bridgehead atoms. The van der Waals surface area contributed by atoms with Crippen molar-refractivity contribution in [3.8, 4) is 5.75 Å². The zero-order valence-corrected chi connectivity index (χ0v) is 27.0. The zero-order valence-electron chi connectivity index (χ0n) is 27.0. The highest BCUT2D eigenvalue weighted by molar-refractivity contribution is 6.02. The number of carbonyl (C=O) groups excluding carboxylic acids is 4. The molecule has 3 atom stereocenters. The molecule has 0 spiro atoms. The van der Waals surface area contributed by atoms with Gasteiger partial charge < -0.3 is 31.4 Å². The summed E-state index contributed by atoms with van der Waals surface area (Å²) in [6.45, 7) is 5.83. The normalized spacial score (nSPS) is 15.5. The molecular weight excluding hydrogens is 596 g/mol. The van der Waals surface area contributed by atoms with Gasteiger partial charge in [-0.3, -0.25) is 19.2 Å². The van der Waals surface area contributed by atoms with Crippen molar-refractivity contribution < 1.29 is 24.3 Å². The van der Waals surface area contributed by atoms with E-state index < -0.39 is 24.0 Å². The van der Waals surface area contributed by atoms with Gasteiger partial charge in [0.25, 0.3) is 0 Å². The van der Waals surface area contributed by atoms with Crippen molar-refractivity contribution in [2.75, 3.05) is 6.54 Å². The Hall–Kier alpha value is -5.03. The summed E-state index contributed by atoms with van der Waals surface area (Å²) < 4.78 is 0. The molecule has 0 aliphatic carbocycles. The molecule has 2 heterocycles. The lowest BCUT2D eigenvalue weighted by atomic mass is 9.91. The number of aryl methyl sites for hydroxylation is 2. The number of fused-ring (bicyclic) bond motifs is 2. The molecule has 1 aromatic heterocycles. The number of nitrogens with zero attached hydrogens (tertiary/aromatic N) is 2. The van der Waals surface area contributed by atoms with Gasteiger partial charge in [-0.05, 0) is 91.6 Å². The third-order valence-electron chi connectivity index (χ3n) is 8.81. The Kier molecular flexibility index (Phi) is 10.4. The number of nitrogens with two attached hydrogens (primary N) is 1. The van der Waals surface area contributed by atoms with Gasteiger partial charge in [-0.1, -0.05) is 36.4 Å². The van der Waals surface area contributed by atoms with Gasteiger partial charge in [0.05, 0.1) is 23.1 Å². The number of phenolic OH excluding ortho intramolecular Hbond substituents is 1. The summed E-state index contributed by atoms with van der Waals surface area (Å²) in [6, 6.07) is 15.5. The summed E-state index contributed by atoms with van der Waals surface area (Å²) in [7, 11) is 0. The molecule has 11 heteroatoms. The zero-order chi connectivity index (χ0) is 33.7. The van der Waals surface area contributed by atoms with E-state index in [-0.39, 0.29) is 48.6 Å². The molecule has 3 amide bonds. The number of amides is 3. The Balaban J connectivity index is 1.39. The molecule has 0 fully saturated rings. The maximum Gasteiger partial charge on any atom is 0.243 e. The monoisotopic (exact) mass is 638 g/mol. The average Bonchev–Trinajstić information content (AvgIpc) is 3.48. The number of para-hydroxylation sites is 2. The lowest BCUT2D eigenvalue weighted by Gasteiger charge is -2.38. The number of aromatic nitrogens is 2. The Morgan fingerprint density at radius 2 is 1.70 bits per heavy atom. The number of aromatic hydroxyl groups is 1. The summed E-state index contributed by atoms with van der Waals surface area (Å²) in [5.74, 6) is -1.03. The molecule has 11 nitrogen and oxygen atoms in total. The van der Waals surface area contributed by atoms with Crippen LogP contribution in [0.25, 0.3) is 11.0 Å². The highest BCUT2D eigenvalue weighted by atomic mass is 16.3. The quantitative estimate of drug-likeness (QED) is 0.117. The molecule has 4 aromatic rings. The topological polar surface area (TPSA) is 171 Å². The van der Waals surface area contributed by atoms with Crippen LogP contribution in [0.5, 0.6) is 5.75 Å². The summed E-state index contributed by atoms with van der Waals surface area (Å²) in [5.41, 5.74) is 12.3. The molecule has 3 aromatic carbocycles. The number of aromatic amines is 1. The number of hydrogen-bond acceptors (Lipinski definition) is 7. The molecule has 5 rings (SSSR count). The fourth-order valence-electron chi connectivity index (χ4n) is 6.31. The Bertz CT molecular complexity index is 1740. The minimum Gasteiger partial charge on any atom is -0.508 e. The van der Waals surface area contributed by atoms with Crippen molar-refractivity contribution in [1.82, 2.24) is 25.5 Å². The minimum atomic E-state index is -0.931. The predicted molar refractivity (Wildman–Crippen MR) is 179 cm³/mol. The first-order valence-corrected chi connectivity index (χ1v) is 16.0. The molecule has 0 unspecified atom stereocenters. The van der Waals surface area contributed by atoms with Gasteiger partial charge in [0.2, 0.25) is 23.5 Å². The van der Waals surface area contributed by atoms with E-state index in [1.165, 1.54) is 11.8 Å². The van der Waals surface area contributed by atoms with Crippen LogP contribution in [0.4, 0.5) is 0 Å². The van der Waals surface area contributed by atoms with Gasteiger partial charge in [-0.25, -0.2) is 4.98 Å². The van der Waals surface area contributed by atoms with Crippen molar-refractivity contribution in [1.29, 1.82) is 0 Å². The third kappa shape index (κ3) is 7.86. The number of ketones is 1. The Morgan fingerprint density at radius 3 is 2.40 bits per heavy atom. The minimum absolute atomic E-state index is 0.135. The van der Waals surface area contributed by atoms with E-state index in [0.717, 1.165) is 27.8 Å². The van der Waals surface area contributed by atoms with Crippen molar-refractivity contribution >= 4 is 34.5 Å². The van der Waals surface area contributed by atoms with Crippen molar-refractivity contribution in [2.24, 2.45) is 5.73 Å². The van der Waals surface area contributed by atoms with E-state index in [1.807, 2.05) is 56.3 Å². The molecule has 0 radical (unpaired) electrons. The predicted octanol–water partition coefficient (Wildman–Crippen LogP) is 3.38. The number of benzene rings is 3. The first-order chi connectivity index (χ1) is 22.5. The number of Topliss-reactive ketones (excluding diaryl/α,β-unsaturated/α-hetero) is 1. The molecule has 1 aliphatic heterocycles. The van der Waals surface area contributed by atoms with Crippen LogP contribution in [-0.2, 0) is 33.8 Å². The van der Waals surface area contributed by atoms with Crippen LogP contribution in [0, 0.1) is 13.8 Å². The maximum absolute atomic E-state index is 14.1. The number of H-pyrrole nitrogens is 1. The van der Waals surface area contributed by atoms with Gasteiger partial charge in [-0.15, -0.1) is 0 Å². The summed E-state index contributed by atoms with van der Waals surface area (Å²) in [5, 5.41) is 15.7. The largest absolute Gasteiger partial charge is 0.508 e. The fourth-order valence-corrected chi connectivity index (χ4v) is 6.31. The van der Waals surface area contributed by atoms with Crippen molar-refractivity contribution in [3.05, 3.63) is 94.3 Å². The number of imidazole rings is 1. The molecule has 0 saturated heterocycles. The average molecular weight is 639 g/mol. The van der Waals surface area contributed by atoms with Crippen LogP contribution < -0.4 is 16.4 Å². The van der Waals surface area contributed by atoms with Crippen molar-refractivity contribution in [2.45, 2.75) is 77.5 Å². The first-order valence-electron chi connectivity index (χ1n) is 16.0. The van der Waals surface area contributed by atoms with E-state index in [1.54, 1.807) is 18.2 Å². The van der Waals surface area contributed by atoms with E-state index in [9.17, 15) is 24.3 Å². The number of hydrogen-bond donors (Lipinski definition) is 5. The number of carbonyl (C=O) groups is 4. The van der Waals surface area contributed by atoms with Crippen molar-refractivity contribution in [3.63, 3.8) is 0 Å². The fraction of sp³-hybridized carbons (Fsp3) is 0.361. The van der Waals surface area contributed by atoms with Crippen LogP contribution in [0.2, 0.25) is 0 Å². The van der Waals surface area contributed by atoms with Crippen LogP contribution in [0.15, 0.2) is 60.7 Å². The number of nitrogens with one attached hydrogen (secondary N) is 3. The summed E-state index contributed by atoms with van der Waals surface area (Å²) in [6.07, 6.45) is 2.00. The first kappa shape index (κ1) is 33.3. The second kappa shape index (κ2) is 14.6. The van der Waals surface area contributed by atoms with Crippen LogP contribution in [-0.4, -0.2) is 68.1 Å². The number of phenols is 1. The summed E-state index contributed by atoms with van der Waals surface area (Å²) in [4.78, 5) is 62.3. The smallest absolute Gasteiger partial charge is 0.243 e. The number of rotatable bonds is 12. The molecule has 1 aliphatic rings. The van der Waals surface area contributed by atoms with E-state index in [0.29, 0.717) is 36.8 Å². The Labute approximate surface area is 273 Å². The van der Waals surface area contributed by atoms with Gasteiger partial charge in [0.1, 0.15) is 11.8 Å². The van der Waals surface area contributed by atoms with E-state index >= 15 is 0 Å². The lowest BCUT2D eigenvalue weighted by Crippen LogP contribution is -2.58. The molecular formula is C36H42N6O5. The van der Waals surface area contributed by atoms with Gasteiger partial charge in [0.15, 0.2) is 5.82 Å². The van der Waals surface area contributed by atoms with Gasteiger partial charge in [-0.2, -0.15) is 0 Å². The van der Waals surface area contributed by atoms with Crippen LogP contribution in [0.1, 0.15) is 64.6 Å². The maximum atomic E-state index is 14.1. The summed E-state index contributed by atoms with van der Waals surface area (Å²) >= 11 is 0. The molecule has 0 saturated carbocycles. The van der Waals surface area contributed by atoms with Gasteiger partial charge in [0, 0.05) is 26.4 Å². The molecule has 47 heavy (non-hydrogen) atoms. The number of unbranched alkanes of at least 4 members (excludes halogenated alkanes) is 1. The SMILES string of the molecule is CC(=O)NCCCC[C@H](NC(=O)[C@@H]1Cc2ccccc2CN1C(=O)[C@@H](N)Cc1c(C)cc(O)cc1C)C(=O)c1nc2ccccc2[nH]1. The molecule has 246 valence electrons. The molecule has 6 N–H and O–H groups in total. The van der Waals surface area contributed by atoms with E-state index in [2.05, 4.69) is 20.6 Å². The van der Waals surface area contributed by atoms with Gasteiger partial charge >= 0.3 is 0 Å². The highest BCUT2D eigenvalue weighted by Crippen LogP contribution is 2.27.